The maximum atomic E-state index is 11.7. The van der Waals surface area contributed by atoms with Crippen molar-refractivity contribution in [2.75, 3.05) is 11.9 Å². The number of hydrogen-bond donors (Lipinski definition) is 2. The number of carbonyl (C=O) groups excluding carboxylic acids is 1. The van der Waals surface area contributed by atoms with Crippen LogP contribution in [0.25, 0.3) is 5.52 Å². The van der Waals surface area contributed by atoms with E-state index in [1.165, 1.54) is 0 Å². The number of aromatic nitrogens is 3. The molecule has 0 aliphatic carbocycles. The highest BCUT2D eigenvalue weighted by Crippen LogP contribution is 2.11. The van der Waals surface area contributed by atoms with Crippen molar-refractivity contribution in [3.05, 3.63) is 24.7 Å². The van der Waals surface area contributed by atoms with E-state index < -0.39 is 0 Å². The highest BCUT2D eigenvalue weighted by Gasteiger charge is 2.13. The quantitative estimate of drug-likeness (QED) is 0.873. The third kappa shape index (κ3) is 3.67. The van der Waals surface area contributed by atoms with Crippen LogP contribution in [0.2, 0.25) is 0 Å². The summed E-state index contributed by atoms with van der Waals surface area (Å²) in [7, 11) is 0. The molecule has 0 saturated heterocycles. The third-order valence-corrected chi connectivity index (χ3v) is 2.48. The topological polar surface area (TPSA) is 71.3 Å². The van der Waals surface area contributed by atoms with Crippen LogP contribution in [0.1, 0.15) is 27.2 Å². The van der Waals surface area contributed by atoms with Crippen molar-refractivity contribution in [1.82, 2.24) is 19.9 Å². The molecule has 0 unspecified atom stereocenters. The summed E-state index contributed by atoms with van der Waals surface area (Å²) in [5, 5.41) is 10.2. The lowest BCUT2D eigenvalue weighted by Gasteiger charge is -2.20. The Hall–Kier alpha value is -2.11. The van der Waals surface area contributed by atoms with Crippen molar-refractivity contribution >= 4 is 17.2 Å². The maximum absolute atomic E-state index is 11.7. The highest BCUT2D eigenvalue weighted by atomic mass is 16.1. The Labute approximate surface area is 112 Å². The molecule has 0 bridgehead atoms. The molecule has 2 rings (SSSR count). The van der Waals surface area contributed by atoms with Gasteiger partial charge in [-0.25, -0.2) is 9.50 Å². The first kappa shape index (κ1) is 13.3. The second kappa shape index (κ2) is 5.26. The van der Waals surface area contributed by atoms with Gasteiger partial charge >= 0.3 is 0 Å². The Morgan fingerprint density at radius 1 is 1.37 bits per heavy atom. The number of hydrogen-bond acceptors (Lipinski definition) is 4. The van der Waals surface area contributed by atoms with Crippen molar-refractivity contribution in [3.63, 3.8) is 0 Å². The summed E-state index contributed by atoms with van der Waals surface area (Å²) in [5.41, 5.74) is 0.708. The molecule has 2 aromatic rings. The Bertz CT molecular complexity index is 570. The fraction of sp³-hybridized carbons (Fsp3) is 0.462. The molecule has 19 heavy (non-hydrogen) atoms. The molecular weight excluding hydrogens is 242 g/mol. The van der Waals surface area contributed by atoms with Gasteiger partial charge in [0, 0.05) is 30.9 Å². The van der Waals surface area contributed by atoms with Gasteiger partial charge in [-0.15, -0.1) is 0 Å². The van der Waals surface area contributed by atoms with E-state index in [0.29, 0.717) is 13.0 Å². The van der Waals surface area contributed by atoms with E-state index in [2.05, 4.69) is 20.7 Å². The van der Waals surface area contributed by atoms with Crippen molar-refractivity contribution < 1.29 is 4.79 Å². The van der Waals surface area contributed by atoms with E-state index in [1.807, 2.05) is 26.8 Å². The van der Waals surface area contributed by atoms with Gasteiger partial charge in [0.25, 0.3) is 0 Å². The van der Waals surface area contributed by atoms with Crippen LogP contribution in [-0.2, 0) is 4.79 Å². The molecule has 2 N–H and O–H groups in total. The molecule has 0 radical (unpaired) electrons. The number of rotatable bonds is 4. The number of nitrogens with one attached hydrogen (secondary N) is 2. The monoisotopic (exact) mass is 261 g/mol. The number of anilines is 1. The third-order valence-electron chi connectivity index (χ3n) is 2.48. The van der Waals surface area contributed by atoms with Crippen molar-refractivity contribution in [1.29, 1.82) is 0 Å². The molecule has 102 valence electrons. The maximum Gasteiger partial charge on any atom is 0.222 e. The molecular formula is C13H19N5O. The number of amides is 1. The zero-order valence-electron chi connectivity index (χ0n) is 11.5. The lowest BCUT2D eigenvalue weighted by atomic mass is 10.1. The van der Waals surface area contributed by atoms with Gasteiger partial charge in [0.2, 0.25) is 5.91 Å². The zero-order valence-corrected chi connectivity index (χ0v) is 11.5. The van der Waals surface area contributed by atoms with Crippen LogP contribution in [0.5, 0.6) is 0 Å². The van der Waals surface area contributed by atoms with Crippen LogP contribution >= 0.6 is 0 Å². The second-order valence-corrected chi connectivity index (χ2v) is 5.41. The molecule has 1 amide bonds. The van der Waals surface area contributed by atoms with Gasteiger partial charge in [-0.1, -0.05) is 0 Å². The minimum absolute atomic E-state index is 0.0282. The fourth-order valence-corrected chi connectivity index (χ4v) is 1.77. The first-order valence-electron chi connectivity index (χ1n) is 6.29. The predicted molar refractivity (Wildman–Crippen MR) is 74.0 cm³/mol. The molecule has 0 atom stereocenters. The minimum Gasteiger partial charge on any atom is -0.368 e. The molecule has 6 nitrogen and oxygen atoms in total. The van der Waals surface area contributed by atoms with Gasteiger partial charge in [0.05, 0.1) is 6.20 Å². The number of carbonyl (C=O) groups is 1. The molecule has 0 aromatic carbocycles. The molecule has 2 heterocycles. The second-order valence-electron chi connectivity index (χ2n) is 5.41. The zero-order chi connectivity index (χ0) is 13.9. The Balaban J connectivity index is 1.89. The summed E-state index contributed by atoms with van der Waals surface area (Å²) in [6.45, 7) is 6.44. The summed E-state index contributed by atoms with van der Waals surface area (Å²) in [4.78, 5) is 15.9. The van der Waals surface area contributed by atoms with E-state index in [4.69, 9.17) is 0 Å². The van der Waals surface area contributed by atoms with Gasteiger partial charge in [-0.2, -0.15) is 5.10 Å². The van der Waals surface area contributed by atoms with E-state index in [-0.39, 0.29) is 11.4 Å². The molecule has 0 saturated carbocycles. The summed E-state index contributed by atoms with van der Waals surface area (Å²) in [6.07, 6.45) is 5.59. The van der Waals surface area contributed by atoms with E-state index in [0.717, 1.165) is 11.3 Å². The average Bonchev–Trinajstić information content (AvgIpc) is 2.75. The Kier molecular flexibility index (Phi) is 3.69. The first-order valence-corrected chi connectivity index (χ1v) is 6.29. The first-order chi connectivity index (χ1) is 8.96. The van der Waals surface area contributed by atoms with Gasteiger partial charge in [0.1, 0.15) is 5.52 Å². The van der Waals surface area contributed by atoms with Gasteiger partial charge < -0.3 is 10.6 Å². The van der Waals surface area contributed by atoms with Crippen molar-refractivity contribution in [3.8, 4) is 0 Å². The SMILES string of the molecule is CC(C)(C)NC(=O)CCNc1nccn2nccc12. The van der Waals surface area contributed by atoms with Crippen LogP contribution < -0.4 is 10.6 Å². The highest BCUT2D eigenvalue weighted by molar-refractivity contribution is 5.77. The average molecular weight is 261 g/mol. The smallest absolute Gasteiger partial charge is 0.222 e. The van der Waals surface area contributed by atoms with E-state index >= 15 is 0 Å². The summed E-state index contributed by atoms with van der Waals surface area (Å²) < 4.78 is 1.74. The summed E-state index contributed by atoms with van der Waals surface area (Å²) in [5.74, 6) is 0.768. The van der Waals surface area contributed by atoms with Crippen molar-refractivity contribution in [2.24, 2.45) is 0 Å². The summed E-state index contributed by atoms with van der Waals surface area (Å²) in [6, 6.07) is 1.88. The normalized spacial score (nSPS) is 11.5. The lowest BCUT2D eigenvalue weighted by molar-refractivity contribution is -0.122. The van der Waals surface area contributed by atoms with Crippen molar-refractivity contribution in [2.45, 2.75) is 32.7 Å². The predicted octanol–water partition coefficient (Wildman–Crippen LogP) is 1.45. The number of nitrogens with zero attached hydrogens (tertiary/aromatic N) is 3. The van der Waals surface area contributed by atoms with Crippen LogP contribution in [-0.4, -0.2) is 32.6 Å². The standard InChI is InChI=1S/C13H19N5O/c1-13(2,3)17-11(19)5-6-14-12-10-4-7-16-18(10)9-8-15-12/h4,7-9H,5-6H2,1-3H3,(H,14,15)(H,17,19). The Morgan fingerprint density at radius 3 is 2.89 bits per heavy atom. The molecule has 0 aliphatic rings. The minimum atomic E-state index is -0.194. The van der Waals surface area contributed by atoms with E-state index in [1.54, 1.807) is 23.1 Å². The Morgan fingerprint density at radius 2 is 2.16 bits per heavy atom. The number of fused-ring (bicyclic) bond motifs is 1. The largest absolute Gasteiger partial charge is 0.368 e. The molecule has 0 aliphatic heterocycles. The summed E-state index contributed by atoms with van der Waals surface area (Å²) >= 11 is 0. The van der Waals surface area contributed by atoms with Crippen LogP contribution in [0.4, 0.5) is 5.82 Å². The molecule has 0 fully saturated rings. The molecule has 0 spiro atoms. The van der Waals surface area contributed by atoms with Crippen LogP contribution in [0, 0.1) is 0 Å². The van der Waals surface area contributed by atoms with Gasteiger partial charge in [0.15, 0.2) is 5.82 Å². The van der Waals surface area contributed by atoms with Crippen LogP contribution in [0.15, 0.2) is 24.7 Å². The van der Waals surface area contributed by atoms with Gasteiger partial charge in [-0.05, 0) is 26.8 Å². The lowest BCUT2D eigenvalue weighted by Crippen LogP contribution is -2.41. The molecule has 2 aromatic heterocycles. The van der Waals surface area contributed by atoms with Gasteiger partial charge in [-0.3, -0.25) is 4.79 Å². The van der Waals surface area contributed by atoms with E-state index in [9.17, 15) is 4.79 Å². The van der Waals surface area contributed by atoms with Crippen LogP contribution in [0.3, 0.4) is 0 Å². The fourth-order valence-electron chi connectivity index (χ4n) is 1.77. The molecule has 6 heteroatoms.